The highest BCUT2D eigenvalue weighted by Crippen LogP contribution is 2.34. The number of hydrogen-bond donors (Lipinski definition) is 1. The number of ether oxygens (including phenoxy) is 3. The largest absolute Gasteiger partial charge is 0.497 e. The molecule has 1 atom stereocenters. The van der Waals surface area contributed by atoms with Gasteiger partial charge in [0.15, 0.2) is 11.5 Å². The summed E-state index contributed by atoms with van der Waals surface area (Å²) < 4.78 is 21.8. The van der Waals surface area contributed by atoms with E-state index in [4.69, 9.17) is 18.7 Å². The van der Waals surface area contributed by atoms with Gasteiger partial charge in [0.2, 0.25) is 0 Å². The van der Waals surface area contributed by atoms with Crippen molar-refractivity contribution < 1.29 is 23.5 Å². The Morgan fingerprint density at radius 2 is 2.12 bits per heavy atom. The molecule has 2 heterocycles. The van der Waals surface area contributed by atoms with Crippen LogP contribution in [0.5, 0.6) is 11.5 Å². The van der Waals surface area contributed by atoms with E-state index in [1.807, 2.05) is 0 Å². The first-order valence-corrected chi connectivity index (χ1v) is 8.57. The maximum atomic E-state index is 12.3. The summed E-state index contributed by atoms with van der Waals surface area (Å²) in [5, 5.41) is 6.73. The molecule has 1 saturated heterocycles. The van der Waals surface area contributed by atoms with E-state index in [9.17, 15) is 4.79 Å². The number of hydrogen-bond acceptors (Lipinski definition) is 6. The highest BCUT2D eigenvalue weighted by molar-refractivity contribution is 5.93. The second kappa shape index (κ2) is 7.37. The van der Waals surface area contributed by atoms with Gasteiger partial charge in [0, 0.05) is 12.6 Å². The van der Waals surface area contributed by atoms with Gasteiger partial charge >= 0.3 is 0 Å². The molecule has 7 nitrogen and oxygen atoms in total. The zero-order valence-electron chi connectivity index (χ0n) is 15.5. The summed E-state index contributed by atoms with van der Waals surface area (Å²) in [6.45, 7) is 4.56. The molecule has 1 amide bonds. The van der Waals surface area contributed by atoms with Crippen LogP contribution in [0, 0.1) is 0 Å². The van der Waals surface area contributed by atoms with E-state index in [0.29, 0.717) is 29.4 Å². The molecule has 1 fully saturated rings. The van der Waals surface area contributed by atoms with Crippen molar-refractivity contribution in [1.29, 1.82) is 0 Å². The van der Waals surface area contributed by atoms with Crippen LogP contribution in [0.1, 0.15) is 37.2 Å². The summed E-state index contributed by atoms with van der Waals surface area (Å²) in [7, 11) is 3.15. The van der Waals surface area contributed by atoms with Gasteiger partial charge in [-0.1, -0.05) is 5.16 Å². The molecule has 140 valence electrons. The average molecular weight is 360 g/mol. The zero-order chi connectivity index (χ0) is 18.7. The molecule has 26 heavy (non-hydrogen) atoms. The Labute approximate surface area is 152 Å². The van der Waals surface area contributed by atoms with Crippen molar-refractivity contribution in [3.63, 3.8) is 0 Å². The number of rotatable bonds is 6. The number of methoxy groups -OCH3 is 2. The van der Waals surface area contributed by atoms with Gasteiger partial charge in [-0.15, -0.1) is 0 Å². The molecule has 1 aliphatic heterocycles. The minimum absolute atomic E-state index is 0.0267. The minimum Gasteiger partial charge on any atom is -0.497 e. The predicted octanol–water partition coefficient (Wildman–Crippen LogP) is 3.05. The number of amides is 1. The Hall–Kier alpha value is -2.54. The summed E-state index contributed by atoms with van der Waals surface area (Å²) in [6.07, 6.45) is 1.94. The molecular formula is C19H24N2O5. The van der Waals surface area contributed by atoms with Gasteiger partial charge in [0.05, 0.1) is 31.5 Å². The van der Waals surface area contributed by atoms with Crippen molar-refractivity contribution in [2.24, 2.45) is 0 Å². The first-order chi connectivity index (χ1) is 12.4. The van der Waals surface area contributed by atoms with Crippen molar-refractivity contribution >= 4 is 5.91 Å². The lowest BCUT2D eigenvalue weighted by atomic mass is 10.1. The number of nitrogens with zero attached hydrogens (tertiary/aromatic N) is 1. The Morgan fingerprint density at radius 3 is 2.77 bits per heavy atom. The SMILES string of the molecule is COc1ccc(OC)c(-c2cc(C(=O)NCC3CCC(C)(C)O3)no2)c1. The van der Waals surface area contributed by atoms with Crippen molar-refractivity contribution in [3.8, 4) is 22.8 Å². The van der Waals surface area contributed by atoms with E-state index in [1.54, 1.807) is 38.5 Å². The first-order valence-electron chi connectivity index (χ1n) is 8.57. The summed E-state index contributed by atoms with van der Waals surface area (Å²) in [5.74, 6) is 1.40. The van der Waals surface area contributed by atoms with Gasteiger partial charge in [-0.2, -0.15) is 0 Å². The molecule has 2 aromatic rings. The van der Waals surface area contributed by atoms with Crippen LogP contribution < -0.4 is 14.8 Å². The molecule has 1 aromatic carbocycles. The lowest BCUT2D eigenvalue weighted by Gasteiger charge is -2.19. The fraction of sp³-hybridized carbons (Fsp3) is 0.474. The first kappa shape index (κ1) is 18.3. The molecule has 1 aromatic heterocycles. The number of nitrogens with one attached hydrogen (secondary N) is 1. The fourth-order valence-electron chi connectivity index (χ4n) is 3.03. The van der Waals surface area contributed by atoms with Crippen LogP contribution in [0.25, 0.3) is 11.3 Å². The van der Waals surface area contributed by atoms with Crippen LogP contribution in [-0.4, -0.2) is 43.5 Å². The highest BCUT2D eigenvalue weighted by atomic mass is 16.5. The van der Waals surface area contributed by atoms with Gasteiger partial charge in [-0.3, -0.25) is 4.79 Å². The summed E-state index contributed by atoms with van der Waals surface area (Å²) >= 11 is 0. The number of carbonyl (C=O) groups is 1. The van der Waals surface area contributed by atoms with Crippen LogP contribution in [-0.2, 0) is 4.74 Å². The Bertz CT molecular complexity index is 784. The van der Waals surface area contributed by atoms with Gasteiger partial charge in [0.1, 0.15) is 11.5 Å². The van der Waals surface area contributed by atoms with Gasteiger partial charge in [0.25, 0.3) is 5.91 Å². The third-order valence-corrected chi connectivity index (χ3v) is 4.46. The van der Waals surface area contributed by atoms with Crippen LogP contribution in [0.15, 0.2) is 28.8 Å². The van der Waals surface area contributed by atoms with E-state index in [2.05, 4.69) is 24.3 Å². The van der Waals surface area contributed by atoms with Crippen LogP contribution in [0.3, 0.4) is 0 Å². The molecule has 0 bridgehead atoms. The Morgan fingerprint density at radius 1 is 1.31 bits per heavy atom. The quantitative estimate of drug-likeness (QED) is 0.852. The maximum Gasteiger partial charge on any atom is 0.273 e. The van der Waals surface area contributed by atoms with E-state index in [1.165, 1.54) is 0 Å². The Kier molecular flexibility index (Phi) is 5.18. The standard InChI is InChI=1S/C19H24N2O5/c1-19(2)8-7-13(25-19)11-20-18(22)15-10-17(26-21-15)14-9-12(23-3)5-6-16(14)24-4/h5-6,9-10,13H,7-8,11H2,1-4H3,(H,20,22). The number of benzene rings is 1. The smallest absolute Gasteiger partial charge is 0.273 e. The average Bonchev–Trinajstić information content (AvgIpc) is 3.25. The van der Waals surface area contributed by atoms with Crippen molar-refractivity contribution in [2.45, 2.75) is 38.4 Å². The maximum absolute atomic E-state index is 12.3. The van der Waals surface area contributed by atoms with Gasteiger partial charge < -0.3 is 24.1 Å². The normalized spacial score (nSPS) is 18.5. The molecule has 1 N–H and O–H groups in total. The van der Waals surface area contributed by atoms with Crippen LogP contribution >= 0.6 is 0 Å². The lowest BCUT2D eigenvalue weighted by molar-refractivity contribution is -0.0138. The van der Waals surface area contributed by atoms with Crippen molar-refractivity contribution in [1.82, 2.24) is 10.5 Å². The minimum atomic E-state index is -0.296. The summed E-state index contributed by atoms with van der Waals surface area (Å²) in [6, 6.07) is 6.92. The second-order valence-corrected chi connectivity index (χ2v) is 6.89. The van der Waals surface area contributed by atoms with Crippen LogP contribution in [0.2, 0.25) is 0 Å². The van der Waals surface area contributed by atoms with Crippen LogP contribution in [0.4, 0.5) is 0 Å². The summed E-state index contributed by atoms with van der Waals surface area (Å²) in [4.78, 5) is 12.3. The van der Waals surface area contributed by atoms with Gasteiger partial charge in [-0.25, -0.2) is 0 Å². The second-order valence-electron chi connectivity index (χ2n) is 6.89. The monoisotopic (exact) mass is 360 g/mol. The molecule has 1 aliphatic rings. The fourth-order valence-corrected chi connectivity index (χ4v) is 3.03. The number of aromatic nitrogens is 1. The Balaban J connectivity index is 1.69. The lowest BCUT2D eigenvalue weighted by Crippen LogP contribution is -2.33. The molecule has 7 heteroatoms. The molecule has 0 saturated carbocycles. The number of carbonyl (C=O) groups excluding carboxylic acids is 1. The van der Waals surface area contributed by atoms with E-state index in [0.717, 1.165) is 12.8 Å². The van der Waals surface area contributed by atoms with E-state index in [-0.39, 0.29) is 23.3 Å². The third-order valence-electron chi connectivity index (χ3n) is 4.46. The molecule has 3 rings (SSSR count). The molecular weight excluding hydrogens is 336 g/mol. The third kappa shape index (κ3) is 3.99. The highest BCUT2D eigenvalue weighted by Gasteiger charge is 2.31. The van der Waals surface area contributed by atoms with E-state index >= 15 is 0 Å². The molecule has 1 unspecified atom stereocenters. The molecule has 0 radical (unpaired) electrons. The molecule has 0 aliphatic carbocycles. The molecule has 0 spiro atoms. The topological polar surface area (TPSA) is 82.8 Å². The summed E-state index contributed by atoms with van der Waals surface area (Å²) in [5.41, 5.74) is 0.751. The van der Waals surface area contributed by atoms with Crippen molar-refractivity contribution in [2.75, 3.05) is 20.8 Å². The van der Waals surface area contributed by atoms with Crippen molar-refractivity contribution in [3.05, 3.63) is 30.0 Å². The zero-order valence-corrected chi connectivity index (χ0v) is 15.5. The van der Waals surface area contributed by atoms with E-state index < -0.39 is 0 Å². The van der Waals surface area contributed by atoms with Gasteiger partial charge in [-0.05, 0) is 44.9 Å². The predicted molar refractivity (Wildman–Crippen MR) is 95.6 cm³/mol.